The van der Waals surface area contributed by atoms with Gasteiger partial charge in [-0.05, 0) is 12.8 Å². The molecule has 0 heterocycles. The van der Waals surface area contributed by atoms with Gasteiger partial charge in [-0.25, -0.2) is 0 Å². The summed E-state index contributed by atoms with van der Waals surface area (Å²) in [6.07, 6.45) is 7.00. The van der Waals surface area contributed by atoms with E-state index in [9.17, 15) is 0 Å². The summed E-state index contributed by atoms with van der Waals surface area (Å²) in [5.41, 5.74) is 0. The highest BCUT2D eigenvalue weighted by atomic mass is 13.9. The molecule has 0 spiro atoms. The van der Waals surface area contributed by atoms with Gasteiger partial charge in [-0.15, -0.1) is 0 Å². The summed E-state index contributed by atoms with van der Waals surface area (Å²) >= 11 is 0. The fourth-order valence-corrected chi connectivity index (χ4v) is 0.167. The zero-order valence-electron chi connectivity index (χ0n) is 2.57. The Morgan fingerprint density at radius 2 is 1.25 bits per heavy atom. The number of hydrogen-bond acceptors (Lipinski definition) is 0. The number of allylic oxidation sites excluding steroid dienone is 2. The van der Waals surface area contributed by atoms with Crippen LogP contribution in [0.3, 0.4) is 0 Å². The van der Waals surface area contributed by atoms with E-state index in [1.807, 2.05) is 0 Å². The molecule has 1 aliphatic rings. The number of rotatable bonds is 0. The third-order valence-corrected chi connectivity index (χ3v) is 0.667. The summed E-state index contributed by atoms with van der Waals surface area (Å²) in [5.74, 6) is 0. The quantitative estimate of drug-likeness (QED) is 0.366. The van der Waals surface area contributed by atoms with Crippen LogP contribution in [0.5, 0.6) is 0 Å². The fourth-order valence-electron chi connectivity index (χ4n) is 0.167. The zero-order chi connectivity index (χ0) is 2.83. The highest BCUT2D eigenvalue weighted by molar-refractivity contribution is 4.92. The lowest BCUT2D eigenvalue weighted by molar-refractivity contribution is 0.962. The first-order valence-corrected chi connectivity index (χ1v) is 1.65. The van der Waals surface area contributed by atoms with E-state index in [2.05, 4.69) is 12.2 Å². The molecule has 0 aliphatic heterocycles. The van der Waals surface area contributed by atoms with Gasteiger partial charge in [0.25, 0.3) is 0 Å². The van der Waals surface area contributed by atoms with Crippen LogP contribution in [0.2, 0.25) is 0 Å². The first-order chi connectivity index (χ1) is 2.00. The van der Waals surface area contributed by atoms with E-state index in [-0.39, 0.29) is 0 Å². The van der Waals surface area contributed by atoms with Gasteiger partial charge in [0.1, 0.15) is 0 Å². The molecular formula is C4H6. The Balaban J connectivity index is 2.47. The minimum absolute atomic E-state index is 1.32. The Bertz CT molecular complexity index is 29.3. The molecule has 0 atom stereocenters. The molecule has 0 aromatic rings. The third-order valence-electron chi connectivity index (χ3n) is 0.667. The van der Waals surface area contributed by atoms with Crippen LogP contribution in [-0.2, 0) is 0 Å². The van der Waals surface area contributed by atoms with Crippen LogP contribution < -0.4 is 0 Å². The predicted octanol–water partition coefficient (Wildman–Crippen LogP) is 1.34. The molecule has 0 heteroatoms. The van der Waals surface area contributed by atoms with Crippen molar-refractivity contribution in [3.63, 3.8) is 0 Å². The minimum atomic E-state index is 1.32. The van der Waals surface area contributed by atoms with Gasteiger partial charge in [-0.3, -0.25) is 0 Å². The van der Waals surface area contributed by atoms with Crippen molar-refractivity contribution < 1.29 is 0 Å². The van der Waals surface area contributed by atoms with Crippen LogP contribution in [0.15, 0.2) is 12.2 Å². The molecule has 22 valence electrons. The standard InChI is InChI=1S/C4H6/c1-2-4-3-1/h1-2H,3-4H2. The molecule has 0 radical (unpaired) electrons. The SMILES string of the molecule is C1=CCC1. The van der Waals surface area contributed by atoms with Crippen molar-refractivity contribution in [1.29, 1.82) is 0 Å². The Hall–Kier alpha value is -0.260. The van der Waals surface area contributed by atoms with E-state index in [4.69, 9.17) is 0 Å². The first-order valence-electron chi connectivity index (χ1n) is 1.65. The van der Waals surface area contributed by atoms with Crippen LogP contribution in [0.25, 0.3) is 0 Å². The van der Waals surface area contributed by atoms with Gasteiger partial charge in [0.15, 0.2) is 0 Å². The lowest BCUT2D eigenvalue weighted by Gasteiger charge is -1.92. The first kappa shape index (κ1) is 2.01. The lowest BCUT2D eigenvalue weighted by atomic mass is 10.1. The molecule has 0 saturated heterocycles. The third kappa shape index (κ3) is 0.0681. The fraction of sp³-hybridized carbons (Fsp3) is 0.500. The highest BCUT2D eigenvalue weighted by Gasteiger charge is 1.81. The van der Waals surface area contributed by atoms with Crippen LogP contribution in [0.4, 0.5) is 0 Å². The maximum Gasteiger partial charge on any atom is -0.0316 e. The molecule has 4 heavy (non-hydrogen) atoms. The van der Waals surface area contributed by atoms with Gasteiger partial charge >= 0.3 is 0 Å². The molecule has 0 nitrogen and oxygen atoms in total. The Morgan fingerprint density at radius 1 is 1.00 bits per heavy atom. The van der Waals surface area contributed by atoms with Gasteiger partial charge in [0.2, 0.25) is 0 Å². The summed E-state index contributed by atoms with van der Waals surface area (Å²) in [4.78, 5) is 0. The second-order valence-corrected chi connectivity index (χ2v) is 1.05. The van der Waals surface area contributed by atoms with Gasteiger partial charge in [0.05, 0.1) is 0 Å². The van der Waals surface area contributed by atoms with Crippen molar-refractivity contribution in [3.05, 3.63) is 12.2 Å². The lowest BCUT2D eigenvalue weighted by Crippen LogP contribution is -1.71. The molecular weight excluding hydrogens is 48.0 g/mol. The van der Waals surface area contributed by atoms with E-state index >= 15 is 0 Å². The molecule has 0 N–H and O–H groups in total. The molecule has 0 saturated carbocycles. The highest BCUT2D eigenvalue weighted by Crippen LogP contribution is 2.01. The molecule has 0 fully saturated rings. The minimum Gasteiger partial charge on any atom is -0.0882 e. The summed E-state index contributed by atoms with van der Waals surface area (Å²) < 4.78 is 0. The summed E-state index contributed by atoms with van der Waals surface area (Å²) in [6, 6.07) is 0. The Labute approximate surface area is 26.1 Å². The molecule has 1 rings (SSSR count). The maximum atomic E-state index is 2.18. The average Bonchev–Trinajstić information content (AvgIpc) is 0.722. The van der Waals surface area contributed by atoms with Crippen molar-refractivity contribution in [1.82, 2.24) is 0 Å². The smallest absolute Gasteiger partial charge is 0.0316 e. The topological polar surface area (TPSA) is 0 Å². The van der Waals surface area contributed by atoms with E-state index in [0.29, 0.717) is 0 Å². The Morgan fingerprint density at radius 3 is 1.25 bits per heavy atom. The van der Waals surface area contributed by atoms with Crippen LogP contribution in [0, 0.1) is 0 Å². The van der Waals surface area contributed by atoms with E-state index in [0.717, 1.165) is 0 Å². The monoisotopic (exact) mass is 54.0 g/mol. The second kappa shape index (κ2) is 0.593. The van der Waals surface area contributed by atoms with Crippen molar-refractivity contribution in [3.8, 4) is 0 Å². The predicted molar refractivity (Wildman–Crippen MR) is 18.4 cm³/mol. The normalized spacial score (nSPS) is 20.0. The number of hydrogen-bond donors (Lipinski definition) is 0. The molecule has 1 aliphatic carbocycles. The Kier molecular flexibility index (Phi) is 0.298. The zero-order valence-corrected chi connectivity index (χ0v) is 2.57. The van der Waals surface area contributed by atoms with E-state index in [1.54, 1.807) is 0 Å². The van der Waals surface area contributed by atoms with Crippen LogP contribution in [0.1, 0.15) is 12.8 Å². The largest absolute Gasteiger partial charge is 0.0882 e. The summed E-state index contributed by atoms with van der Waals surface area (Å²) in [6.45, 7) is 0. The van der Waals surface area contributed by atoms with E-state index in [1.165, 1.54) is 12.8 Å². The van der Waals surface area contributed by atoms with Gasteiger partial charge < -0.3 is 0 Å². The van der Waals surface area contributed by atoms with Gasteiger partial charge in [0, 0.05) is 0 Å². The van der Waals surface area contributed by atoms with Crippen molar-refractivity contribution in [2.75, 3.05) is 0 Å². The van der Waals surface area contributed by atoms with Gasteiger partial charge in [-0.2, -0.15) is 0 Å². The maximum absolute atomic E-state index is 2.18. The van der Waals surface area contributed by atoms with Crippen molar-refractivity contribution in [2.24, 2.45) is 0 Å². The van der Waals surface area contributed by atoms with Crippen LogP contribution >= 0.6 is 0 Å². The van der Waals surface area contributed by atoms with Crippen molar-refractivity contribution >= 4 is 0 Å². The second-order valence-electron chi connectivity index (χ2n) is 1.05. The molecule has 0 aromatic heterocycles. The van der Waals surface area contributed by atoms with Crippen molar-refractivity contribution in [2.45, 2.75) is 12.8 Å². The molecule has 0 aromatic carbocycles. The average molecular weight is 54.1 g/mol. The molecule has 0 amide bonds. The molecule has 0 unspecified atom stereocenters. The summed E-state index contributed by atoms with van der Waals surface area (Å²) in [7, 11) is 0. The van der Waals surface area contributed by atoms with Gasteiger partial charge in [-0.1, -0.05) is 12.2 Å². The van der Waals surface area contributed by atoms with E-state index < -0.39 is 0 Å². The molecule has 0 bridgehead atoms. The summed E-state index contributed by atoms with van der Waals surface area (Å²) in [5, 5.41) is 0. The van der Waals surface area contributed by atoms with Crippen LogP contribution in [-0.4, -0.2) is 0 Å².